The lowest BCUT2D eigenvalue weighted by molar-refractivity contribution is 0.104. The molecule has 1 aliphatic rings. The maximum atomic E-state index is 12.4. The fourth-order valence-electron chi connectivity index (χ4n) is 2.88. The first-order valence-corrected chi connectivity index (χ1v) is 7.74. The third kappa shape index (κ3) is 3.11. The highest BCUT2D eigenvalue weighted by atomic mass is 16.1. The van der Waals surface area contributed by atoms with Crippen molar-refractivity contribution < 1.29 is 4.79 Å². The Hall–Kier alpha value is -2.35. The largest absolute Gasteiger partial charge is 0.370 e. The molecule has 0 aliphatic carbocycles. The molecule has 0 atom stereocenters. The number of rotatable bonds is 3. The summed E-state index contributed by atoms with van der Waals surface area (Å²) in [6.45, 7) is 5.92. The number of hydrogen-bond donors (Lipinski definition) is 0. The van der Waals surface area contributed by atoms with E-state index in [2.05, 4.69) is 29.2 Å². The van der Waals surface area contributed by atoms with Crippen molar-refractivity contribution in [3.05, 3.63) is 82.6 Å². The second kappa shape index (κ2) is 6.18. The van der Waals surface area contributed by atoms with E-state index in [0.717, 1.165) is 30.8 Å². The topological polar surface area (TPSA) is 20.3 Å². The zero-order chi connectivity index (χ0) is 15.5. The van der Waals surface area contributed by atoms with Crippen LogP contribution < -0.4 is 0 Å². The molecule has 2 aromatic carbocycles. The molecule has 1 heterocycles. The van der Waals surface area contributed by atoms with Crippen LogP contribution in [0.3, 0.4) is 0 Å². The monoisotopic (exact) mass is 291 g/mol. The Bertz CT molecular complexity index is 713. The molecule has 2 heteroatoms. The van der Waals surface area contributed by atoms with Gasteiger partial charge in [0.15, 0.2) is 5.78 Å². The van der Waals surface area contributed by atoms with E-state index in [1.54, 1.807) is 6.08 Å². The summed E-state index contributed by atoms with van der Waals surface area (Å²) in [6.07, 6.45) is 2.80. The second-order valence-corrected chi connectivity index (χ2v) is 5.96. The standard InChI is InChI=1S/C20H21NO/c1-15-7-9-18(10-8-15)20(22)13-16(2)21-12-11-17-5-3-4-6-19(17)14-21/h3-10,13H,11-12,14H2,1-2H3/b16-13+. The Kier molecular flexibility index (Phi) is 4.10. The summed E-state index contributed by atoms with van der Waals surface area (Å²) in [6, 6.07) is 16.3. The third-order valence-electron chi connectivity index (χ3n) is 4.31. The number of carbonyl (C=O) groups is 1. The van der Waals surface area contributed by atoms with E-state index < -0.39 is 0 Å². The Morgan fingerprint density at radius 2 is 1.73 bits per heavy atom. The van der Waals surface area contributed by atoms with Crippen molar-refractivity contribution in [1.82, 2.24) is 4.90 Å². The normalized spacial score (nSPS) is 14.6. The molecule has 0 spiro atoms. The summed E-state index contributed by atoms with van der Waals surface area (Å²) >= 11 is 0. The summed E-state index contributed by atoms with van der Waals surface area (Å²) in [5.41, 5.74) is 5.76. The lowest BCUT2D eigenvalue weighted by atomic mass is 9.99. The Labute approximate surface area is 132 Å². The fraction of sp³-hybridized carbons (Fsp3) is 0.250. The molecule has 0 N–H and O–H groups in total. The van der Waals surface area contributed by atoms with Gasteiger partial charge in [-0.05, 0) is 31.4 Å². The van der Waals surface area contributed by atoms with Gasteiger partial charge in [-0.1, -0.05) is 54.1 Å². The van der Waals surface area contributed by atoms with Gasteiger partial charge in [-0.3, -0.25) is 4.79 Å². The van der Waals surface area contributed by atoms with Gasteiger partial charge >= 0.3 is 0 Å². The van der Waals surface area contributed by atoms with E-state index in [0.29, 0.717) is 0 Å². The molecule has 0 amide bonds. The van der Waals surface area contributed by atoms with E-state index >= 15 is 0 Å². The lowest BCUT2D eigenvalue weighted by Crippen LogP contribution is -2.29. The first kappa shape index (κ1) is 14.6. The minimum Gasteiger partial charge on any atom is -0.370 e. The van der Waals surface area contributed by atoms with Gasteiger partial charge in [-0.25, -0.2) is 0 Å². The molecule has 0 saturated heterocycles. The quantitative estimate of drug-likeness (QED) is 0.626. The number of fused-ring (bicyclic) bond motifs is 1. The van der Waals surface area contributed by atoms with Crippen LogP contribution in [0.2, 0.25) is 0 Å². The molecule has 0 bridgehead atoms. The molecular weight excluding hydrogens is 270 g/mol. The van der Waals surface area contributed by atoms with Crippen LogP contribution in [-0.4, -0.2) is 17.2 Å². The zero-order valence-corrected chi connectivity index (χ0v) is 13.2. The van der Waals surface area contributed by atoms with Gasteiger partial charge in [0.1, 0.15) is 0 Å². The summed E-state index contributed by atoms with van der Waals surface area (Å²) < 4.78 is 0. The van der Waals surface area contributed by atoms with Crippen LogP contribution in [0.15, 0.2) is 60.3 Å². The summed E-state index contributed by atoms with van der Waals surface area (Å²) in [4.78, 5) is 14.6. The zero-order valence-electron chi connectivity index (χ0n) is 13.2. The summed E-state index contributed by atoms with van der Waals surface area (Å²) in [5, 5.41) is 0. The van der Waals surface area contributed by atoms with Gasteiger partial charge in [-0.2, -0.15) is 0 Å². The van der Waals surface area contributed by atoms with Gasteiger partial charge in [0, 0.05) is 30.4 Å². The fourth-order valence-corrected chi connectivity index (χ4v) is 2.88. The molecule has 0 unspecified atom stereocenters. The SMILES string of the molecule is C/C(=C\C(=O)c1ccc(C)cc1)N1CCc2ccccc2C1. The van der Waals surface area contributed by atoms with Crippen molar-refractivity contribution >= 4 is 5.78 Å². The predicted molar refractivity (Wildman–Crippen MR) is 89.8 cm³/mol. The molecule has 112 valence electrons. The van der Waals surface area contributed by atoms with Gasteiger partial charge < -0.3 is 4.90 Å². The Morgan fingerprint density at radius 1 is 1.05 bits per heavy atom. The van der Waals surface area contributed by atoms with Gasteiger partial charge in [0.2, 0.25) is 0 Å². The van der Waals surface area contributed by atoms with E-state index in [4.69, 9.17) is 0 Å². The van der Waals surface area contributed by atoms with E-state index in [9.17, 15) is 4.79 Å². The van der Waals surface area contributed by atoms with Crippen molar-refractivity contribution in [2.75, 3.05) is 6.54 Å². The molecule has 0 saturated carbocycles. The highest BCUT2D eigenvalue weighted by Gasteiger charge is 2.16. The highest BCUT2D eigenvalue weighted by molar-refractivity contribution is 6.04. The second-order valence-electron chi connectivity index (χ2n) is 5.96. The number of nitrogens with zero attached hydrogens (tertiary/aromatic N) is 1. The number of benzene rings is 2. The number of hydrogen-bond acceptors (Lipinski definition) is 2. The molecule has 0 radical (unpaired) electrons. The molecule has 0 fully saturated rings. The minimum atomic E-state index is 0.0800. The maximum Gasteiger partial charge on any atom is 0.187 e. The van der Waals surface area contributed by atoms with Crippen LogP contribution in [0, 0.1) is 6.92 Å². The van der Waals surface area contributed by atoms with Crippen LogP contribution in [-0.2, 0) is 13.0 Å². The van der Waals surface area contributed by atoms with Crippen molar-refractivity contribution in [3.63, 3.8) is 0 Å². The van der Waals surface area contributed by atoms with Crippen molar-refractivity contribution in [3.8, 4) is 0 Å². The maximum absolute atomic E-state index is 12.4. The number of ketones is 1. The smallest absolute Gasteiger partial charge is 0.187 e. The van der Waals surface area contributed by atoms with Crippen LogP contribution in [0.4, 0.5) is 0 Å². The van der Waals surface area contributed by atoms with Crippen LogP contribution in [0.1, 0.15) is 34.0 Å². The van der Waals surface area contributed by atoms with Gasteiger partial charge in [-0.15, -0.1) is 0 Å². The predicted octanol–water partition coefficient (Wildman–Crippen LogP) is 4.14. The Balaban J connectivity index is 1.75. The van der Waals surface area contributed by atoms with Crippen LogP contribution in [0.5, 0.6) is 0 Å². The van der Waals surface area contributed by atoms with E-state index in [1.165, 1.54) is 16.7 Å². The van der Waals surface area contributed by atoms with Gasteiger partial charge in [0.05, 0.1) is 0 Å². The number of carbonyl (C=O) groups excluding carboxylic acids is 1. The number of allylic oxidation sites excluding steroid dienone is 2. The lowest BCUT2D eigenvalue weighted by Gasteiger charge is -2.31. The average Bonchev–Trinajstić information content (AvgIpc) is 2.55. The molecule has 0 aromatic heterocycles. The molecule has 22 heavy (non-hydrogen) atoms. The Morgan fingerprint density at radius 3 is 2.45 bits per heavy atom. The first-order chi connectivity index (χ1) is 10.6. The summed E-state index contributed by atoms with van der Waals surface area (Å²) in [7, 11) is 0. The molecular formula is C20H21NO. The number of aryl methyl sites for hydroxylation is 1. The van der Waals surface area contributed by atoms with Crippen LogP contribution >= 0.6 is 0 Å². The van der Waals surface area contributed by atoms with E-state index in [1.807, 2.05) is 38.1 Å². The molecule has 1 aliphatic heterocycles. The molecule has 2 nitrogen and oxygen atoms in total. The van der Waals surface area contributed by atoms with E-state index in [-0.39, 0.29) is 5.78 Å². The highest BCUT2D eigenvalue weighted by Crippen LogP contribution is 2.21. The van der Waals surface area contributed by atoms with Crippen molar-refractivity contribution in [1.29, 1.82) is 0 Å². The minimum absolute atomic E-state index is 0.0800. The average molecular weight is 291 g/mol. The third-order valence-corrected chi connectivity index (χ3v) is 4.31. The van der Waals surface area contributed by atoms with Gasteiger partial charge in [0.25, 0.3) is 0 Å². The van der Waals surface area contributed by atoms with Crippen molar-refractivity contribution in [2.45, 2.75) is 26.8 Å². The summed E-state index contributed by atoms with van der Waals surface area (Å²) in [5.74, 6) is 0.0800. The van der Waals surface area contributed by atoms with Crippen molar-refractivity contribution in [2.24, 2.45) is 0 Å². The molecule has 2 aromatic rings. The first-order valence-electron chi connectivity index (χ1n) is 7.74. The van der Waals surface area contributed by atoms with Crippen LogP contribution in [0.25, 0.3) is 0 Å². The molecule has 3 rings (SSSR count).